The van der Waals surface area contributed by atoms with Gasteiger partial charge in [0.15, 0.2) is 0 Å². The van der Waals surface area contributed by atoms with Crippen LogP contribution in [0.15, 0.2) is 36.4 Å². The second-order valence-electron chi connectivity index (χ2n) is 4.05. The predicted octanol–water partition coefficient (Wildman–Crippen LogP) is 3.95. The first kappa shape index (κ1) is 12.7. The molecule has 0 atom stereocenters. The molecule has 2 aromatic rings. The summed E-state index contributed by atoms with van der Waals surface area (Å²) >= 11 is 6.02. The van der Waals surface area contributed by atoms with Crippen molar-refractivity contribution < 1.29 is 9.13 Å². The second-order valence-corrected chi connectivity index (χ2v) is 4.46. The molecule has 0 amide bonds. The summed E-state index contributed by atoms with van der Waals surface area (Å²) in [6.45, 7) is 1.99. The Hall–Kier alpha value is -1.74. The number of rotatable bonds is 3. The topological polar surface area (TPSA) is 35.2 Å². The Balaban J connectivity index is 2.11. The third-order valence-corrected chi connectivity index (χ3v) is 2.96. The molecule has 0 aromatic heterocycles. The van der Waals surface area contributed by atoms with Crippen LogP contribution in [-0.4, -0.2) is 0 Å². The van der Waals surface area contributed by atoms with Crippen LogP contribution in [0.3, 0.4) is 0 Å². The summed E-state index contributed by atoms with van der Waals surface area (Å²) in [5.41, 5.74) is 7.66. The van der Waals surface area contributed by atoms with Gasteiger partial charge < -0.3 is 10.5 Å². The molecule has 2 rings (SSSR count). The van der Waals surface area contributed by atoms with Gasteiger partial charge in [-0.25, -0.2) is 4.39 Å². The van der Waals surface area contributed by atoms with Crippen LogP contribution in [0, 0.1) is 12.7 Å². The molecular weight excluding hydrogens is 253 g/mol. The van der Waals surface area contributed by atoms with E-state index in [4.69, 9.17) is 22.1 Å². The van der Waals surface area contributed by atoms with E-state index in [2.05, 4.69) is 0 Å². The molecule has 0 saturated heterocycles. The Kier molecular flexibility index (Phi) is 3.72. The van der Waals surface area contributed by atoms with Crippen molar-refractivity contribution in [3.63, 3.8) is 0 Å². The molecule has 0 heterocycles. The summed E-state index contributed by atoms with van der Waals surface area (Å²) in [7, 11) is 0. The number of hydrogen-bond donors (Lipinski definition) is 1. The zero-order valence-electron chi connectivity index (χ0n) is 9.91. The van der Waals surface area contributed by atoms with Crippen LogP contribution in [0.4, 0.5) is 10.1 Å². The van der Waals surface area contributed by atoms with E-state index in [1.54, 1.807) is 37.3 Å². The molecule has 0 spiro atoms. The van der Waals surface area contributed by atoms with Gasteiger partial charge >= 0.3 is 0 Å². The smallest absolute Gasteiger partial charge is 0.126 e. The van der Waals surface area contributed by atoms with Crippen molar-refractivity contribution in [2.24, 2.45) is 0 Å². The molecule has 0 radical (unpaired) electrons. The van der Waals surface area contributed by atoms with E-state index in [0.29, 0.717) is 28.6 Å². The Morgan fingerprint density at radius 3 is 2.72 bits per heavy atom. The van der Waals surface area contributed by atoms with E-state index in [1.165, 1.54) is 6.07 Å². The van der Waals surface area contributed by atoms with Crippen LogP contribution < -0.4 is 10.5 Å². The van der Waals surface area contributed by atoms with Crippen molar-refractivity contribution in [2.45, 2.75) is 13.5 Å². The number of halogens is 2. The van der Waals surface area contributed by atoms with E-state index in [0.717, 1.165) is 5.56 Å². The summed E-state index contributed by atoms with van der Waals surface area (Å²) in [5, 5.41) is 0.600. The van der Waals surface area contributed by atoms with Crippen molar-refractivity contribution in [3.05, 3.63) is 58.4 Å². The Bertz CT molecular complexity index is 572. The second kappa shape index (κ2) is 5.27. The highest BCUT2D eigenvalue weighted by Crippen LogP contribution is 2.22. The minimum Gasteiger partial charge on any atom is -0.489 e. The average molecular weight is 266 g/mol. The molecule has 0 fully saturated rings. The lowest BCUT2D eigenvalue weighted by Crippen LogP contribution is -1.98. The molecular formula is C14H13ClFNO. The van der Waals surface area contributed by atoms with Crippen LogP contribution in [-0.2, 0) is 6.61 Å². The Morgan fingerprint density at radius 1 is 1.22 bits per heavy atom. The standard InChI is InChI=1S/C14H13ClFNO/c1-9-6-12(3-5-14(9)16)18-8-10-7-11(17)2-4-13(10)15/h2-7H,8,17H2,1H3. The third kappa shape index (κ3) is 2.93. The lowest BCUT2D eigenvalue weighted by Gasteiger charge is -2.09. The van der Waals surface area contributed by atoms with Crippen molar-refractivity contribution in [2.75, 3.05) is 5.73 Å². The maximum Gasteiger partial charge on any atom is 0.126 e. The molecule has 94 valence electrons. The monoisotopic (exact) mass is 265 g/mol. The lowest BCUT2D eigenvalue weighted by atomic mass is 10.2. The van der Waals surface area contributed by atoms with Crippen LogP contribution >= 0.6 is 11.6 Å². The molecule has 2 nitrogen and oxygen atoms in total. The molecule has 0 aliphatic carbocycles. The summed E-state index contributed by atoms with van der Waals surface area (Å²) < 4.78 is 18.6. The van der Waals surface area contributed by atoms with Gasteiger partial charge in [-0.2, -0.15) is 0 Å². The summed E-state index contributed by atoms with van der Waals surface area (Å²) in [4.78, 5) is 0. The maximum absolute atomic E-state index is 13.1. The van der Waals surface area contributed by atoms with Gasteiger partial charge in [0.25, 0.3) is 0 Å². The number of benzene rings is 2. The van der Waals surface area contributed by atoms with E-state index >= 15 is 0 Å². The van der Waals surface area contributed by atoms with Gasteiger partial charge in [-0.3, -0.25) is 0 Å². The van der Waals surface area contributed by atoms with Gasteiger partial charge in [0, 0.05) is 16.3 Å². The Morgan fingerprint density at radius 2 is 2.00 bits per heavy atom. The zero-order valence-corrected chi connectivity index (χ0v) is 10.7. The lowest BCUT2D eigenvalue weighted by molar-refractivity contribution is 0.305. The van der Waals surface area contributed by atoms with Crippen molar-refractivity contribution in [1.82, 2.24) is 0 Å². The minimum atomic E-state index is -0.246. The van der Waals surface area contributed by atoms with E-state index in [1.807, 2.05) is 0 Å². The fourth-order valence-electron chi connectivity index (χ4n) is 1.57. The van der Waals surface area contributed by atoms with E-state index in [-0.39, 0.29) is 5.82 Å². The average Bonchev–Trinajstić information content (AvgIpc) is 2.34. The molecule has 2 aromatic carbocycles. The number of nitrogens with two attached hydrogens (primary N) is 1. The maximum atomic E-state index is 13.1. The molecule has 0 saturated carbocycles. The quantitative estimate of drug-likeness (QED) is 0.853. The number of hydrogen-bond acceptors (Lipinski definition) is 2. The number of aryl methyl sites for hydroxylation is 1. The van der Waals surface area contributed by atoms with E-state index in [9.17, 15) is 4.39 Å². The predicted molar refractivity (Wildman–Crippen MR) is 71.3 cm³/mol. The molecule has 0 aliphatic heterocycles. The first-order valence-corrected chi connectivity index (χ1v) is 5.87. The summed E-state index contributed by atoms with van der Waals surface area (Å²) in [6.07, 6.45) is 0. The first-order valence-electron chi connectivity index (χ1n) is 5.49. The van der Waals surface area contributed by atoms with Gasteiger partial charge in [0.2, 0.25) is 0 Å². The van der Waals surface area contributed by atoms with Gasteiger partial charge in [-0.1, -0.05) is 11.6 Å². The van der Waals surface area contributed by atoms with Crippen molar-refractivity contribution in [3.8, 4) is 5.75 Å². The molecule has 18 heavy (non-hydrogen) atoms. The van der Waals surface area contributed by atoms with Crippen molar-refractivity contribution in [1.29, 1.82) is 0 Å². The highest BCUT2D eigenvalue weighted by atomic mass is 35.5. The number of ether oxygens (including phenoxy) is 1. The van der Waals surface area contributed by atoms with Crippen LogP contribution in [0.25, 0.3) is 0 Å². The number of nitrogen functional groups attached to an aromatic ring is 1. The van der Waals surface area contributed by atoms with Gasteiger partial charge in [0.1, 0.15) is 18.2 Å². The number of anilines is 1. The van der Waals surface area contributed by atoms with Gasteiger partial charge in [-0.15, -0.1) is 0 Å². The zero-order chi connectivity index (χ0) is 13.1. The molecule has 4 heteroatoms. The third-order valence-electron chi connectivity index (χ3n) is 2.59. The van der Waals surface area contributed by atoms with Crippen molar-refractivity contribution >= 4 is 17.3 Å². The van der Waals surface area contributed by atoms with E-state index < -0.39 is 0 Å². The fraction of sp³-hybridized carbons (Fsp3) is 0.143. The molecule has 0 bridgehead atoms. The van der Waals surface area contributed by atoms with Gasteiger partial charge in [0.05, 0.1) is 0 Å². The molecule has 0 unspecified atom stereocenters. The normalized spacial score (nSPS) is 10.4. The SMILES string of the molecule is Cc1cc(OCc2cc(N)ccc2Cl)ccc1F. The van der Waals surface area contributed by atoms with Gasteiger partial charge in [-0.05, 0) is 48.9 Å². The minimum absolute atomic E-state index is 0.246. The summed E-state index contributed by atoms with van der Waals surface area (Å²) in [6, 6.07) is 9.84. The summed E-state index contributed by atoms with van der Waals surface area (Å²) in [5.74, 6) is 0.358. The largest absolute Gasteiger partial charge is 0.489 e. The highest BCUT2D eigenvalue weighted by molar-refractivity contribution is 6.31. The highest BCUT2D eigenvalue weighted by Gasteiger charge is 2.04. The fourth-order valence-corrected chi connectivity index (χ4v) is 1.75. The Labute approximate surface area is 110 Å². The first-order chi connectivity index (χ1) is 8.56. The molecule has 0 aliphatic rings. The molecule has 2 N–H and O–H groups in total. The van der Waals surface area contributed by atoms with Crippen LogP contribution in [0.2, 0.25) is 5.02 Å². The van der Waals surface area contributed by atoms with Crippen LogP contribution in [0.1, 0.15) is 11.1 Å². The van der Waals surface area contributed by atoms with Crippen LogP contribution in [0.5, 0.6) is 5.75 Å².